The van der Waals surface area contributed by atoms with E-state index in [-0.39, 0.29) is 0 Å². The lowest BCUT2D eigenvalue weighted by Gasteiger charge is -2.11. The Morgan fingerprint density at radius 2 is 1.26 bits per heavy atom. The number of aromatic nitrogens is 4. The molecule has 2 aromatic heterocycles. The topological polar surface area (TPSA) is 63.6 Å². The van der Waals surface area contributed by atoms with E-state index in [0.29, 0.717) is 11.9 Å². The molecule has 5 heteroatoms. The van der Waals surface area contributed by atoms with Crippen molar-refractivity contribution in [2.45, 2.75) is 41.5 Å². The van der Waals surface area contributed by atoms with Gasteiger partial charge in [0.1, 0.15) is 0 Å². The van der Waals surface area contributed by atoms with E-state index in [1.54, 1.807) is 0 Å². The highest BCUT2D eigenvalue weighted by molar-refractivity contribution is 5.85. The molecular formula is C18H21N5. The molecule has 0 fully saturated rings. The molecule has 3 rings (SSSR count). The molecule has 0 saturated heterocycles. The summed E-state index contributed by atoms with van der Waals surface area (Å²) in [5.41, 5.74) is 7.31. The van der Waals surface area contributed by atoms with Gasteiger partial charge in [0.05, 0.1) is 11.2 Å². The van der Waals surface area contributed by atoms with Crippen LogP contribution < -0.4 is 5.32 Å². The smallest absolute Gasteiger partial charge is 0.230 e. The molecule has 1 N–H and O–H groups in total. The van der Waals surface area contributed by atoms with Crippen molar-refractivity contribution in [3.8, 4) is 0 Å². The summed E-state index contributed by atoms with van der Waals surface area (Å²) in [6, 6.07) is 4.26. The van der Waals surface area contributed by atoms with Crippen LogP contribution in [0.25, 0.3) is 10.9 Å². The van der Waals surface area contributed by atoms with Gasteiger partial charge >= 0.3 is 0 Å². The van der Waals surface area contributed by atoms with Crippen molar-refractivity contribution in [2.75, 3.05) is 5.32 Å². The first-order valence-electron chi connectivity index (χ1n) is 7.69. The number of anilines is 2. The van der Waals surface area contributed by atoms with Crippen molar-refractivity contribution in [1.29, 1.82) is 0 Å². The number of nitrogens with zero attached hydrogens (tertiary/aromatic N) is 4. The predicted octanol–water partition coefficient (Wildman–Crippen LogP) is 4.01. The maximum absolute atomic E-state index is 4.65. The number of fused-ring (bicyclic) bond motifs is 1. The number of hydrogen-bond donors (Lipinski definition) is 1. The Morgan fingerprint density at radius 3 is 1.91 bits per heavy atom. The molecule has 2 heterocycles. The second kappa shape index (κ2) is 5.57. The van der Waals surface area contributed by atoms with Gasteiger partial charge in [-0.3, -0.25) is 5.32 Å². The summed E-state index contributed by atoms with van der Waals surface area (Å²) in [6.45, 7) is 12.1. The average Bonchev–Trinajstić information content (AvgIpc) is 2.46. The van der Waals surface area contributed by atoms with Crippen LogP contribution in [0, 0.1) is 41.5 Å². The minimum absolute atomic E-state index is 0.532. The molecule has 0 aliphatic rings. The van der Waals surface area contributed by atoms with Gasteiger partial charge in [-0.05, 0) is 58.7 Å². The number of rotatable bonds is 2. The number of benzene rings is 1. The number of nitrogens with one attached hydrogen (secondary N) is 1. The molecule has 0 unspecified atom stereocenters. The fourth-order valence-electron chi connectivity index (χ4n) is 2.72. The quantitative estimate of drug-likeness (QED) is 0.775. The molecule has 0 amide bonds. The third kappa shape index (κ3) is 2.86. The predicted molar refractivity (Wildman–Crippen MR) is 93.3 cm³/mol. The first kappa shape index (κ1) is 15.3. The maximum atomic E-state index is 4.65. The van der Waals surface area contributed by atoms with Crippen LogP contribution in [-0.2, 0) is 0 Å². The summed E-state index contributed by atoms with van der Waals surface area (Å²) < 4.78 is 0. The van der Waals surface area contributed by atoms with Crippen LogP contribution in [0.5, 0.6) is 0 Å². The van der Waals surface area contributed by atoms with E-state index < -0.39 is 0 Å². The van der Waals surface area contributed by atoms with Crippen LogP contribution in [0.1, 0.15) is 33.8 Å². The monoisotopic (exact) mass is 307 g/mol. The van der Waals surface area contributed by atoms with Gasteiger partial charge in [0.25, 0.3) is 0 Å². The molecule has 0 aliphatic heterocycles. The Labute approximate surface area is 136 Å². The molecule has 0 spiro atoms. The van der Waals surface area contributed by atoms with Gasteiger partial charge in [0.2, 0.25) is 11.9 Å². The molecule has 0 atom stereocenters. The highest BCUT2D eigenvalue weighted by Gasteiger charge is 2.10. The zero-order chi connectivity index (χ0) is 16.7. The lowest BCUT2D eigenvalue weighted by molar-refractivity contribution is 1.01. The molecule has 0 aliphatic carbocycles. The average molecular weight is 307 g/mol. The van der Waals surface area contributed by atoms with E-state index in [1.807, 2.05) is 27.7 Å². The van der Waals surface area contributed by atoms with Crippen LogP contribution in [0.2, 0.25) is 0 Å². The van der Waals surface area contributed by atoms with Gasteiger partial charge < -0.3 is 0 Å². The summed E-state index contributed by atoms with van der Waals surface area (Å²) in [5.74, 6) is 1.07. The third-order valence-electron chi connectivity index (χ3n) is 4.18. The Morgan fingerprint density at radius 1 is 0.696 bits per heavy atom. The van der Waals surface area contributed by atoms with E-state index in [2.05, 4.69) is 51.2 Å². The zero-order valence-corrected chi connectivity index (χ0v) is 14.4. The standard InChI is InChI=1S/C18H21N5/c1-9-7-10(2)16-15(8-9)14(6)21-18(22-16)23-17-19-12(4)11(3)13(5)20-17/h7-8H,1-6H3,(H,19,20,21,22,23). The first-order chi connectivity index (χ1) is 10.8. The second-order valence-electron chi connectivity index (χ2n) is 6.08. The van der Waals surface area contributed by atoms with Crippen molar-refractivity contribution in [2.24, 2.45) is 0 Å². The fraction of sp³-hybridized carbons (Fsp3) is 0.333. The molecule has 5 nitrogen and oxygen atoms in total. The Kier molecular flexibility index (Phi) is 3.72. The maximum Gasteiger partial charge on any atom is 0.230 e. The minimum Gasteiger partial charge on any atom is -0.293 e. The molecule has 0 radical (unpaired) electrons. The van der Waals surface area contributed by atoms with E-state index >= 15 is 0 Å². The molecule has 0 bridgehead atoms. The van der Waals surface area contributed by atoms with Gasteiger partial charge in [-0.15, -0.1) is 0 Å². The molecule has 0 saturated carbocycles. The summed E-state index contributed by atoms with van der Waals surface area (Å²) in [6.07, 6.45) is 0. The largest absolute Gasteiger partial charge is 0.293 e. The van der Waals surface area contributed by atoms with Gasteiger partial charge in [-0.1, -0.05) is 11.6 Å². The van der Waals surface area contributed by atoms with Gasteiger partial charge in [-0.2, -0.15) is 0 Å². The minimum atomic E-state index is 0.532. The summed E-state index contributed by atoms with van der Waals surface area (Å²) in [4.78, 5) is 18.2. The summed E-state index contributed by atoms with van der Waals surface area (Å²) >= 11 is 0. The van der Waals surface area contributed by atoms with Crippen LogP contribution in [0.15, 0.2) is 12.1 Å². The lowest BCUT2D eigenvalue weighted by atomic mass is 10.1. The Hall–Kier alpha value is -2.56. The van der Waals surface area contributed by atoms with Crippen molar-refractivity contribution < 1.29 is 0 Å². The normalized spacial score (nSPS) is 11.0. The van der Waals surface area contributed by atoms with Crippen LogP contribution in [0.3, 0.4) is 0 Å². The van der Waals surface area contributed by atoms with Crippen LogP contribution >= 0.6 is 0 Å². The summed E-state index contributed by atoms with van der Waals surface area (Å²) in [7, 11) is 0. The zero-order valence-electron chi connectivity index (χ0n) is 14.4. The van der Waals surface area contributed by atoms with E-state index in [0.717, 1.165) is 39.1 Å². The van der Waals surface area contributed by atoms with Crippen molar-refractivity contribution in [3.05, 3.63) is 45.9 Å². The van der Waals surface area contributed by atoms with Gasteiger partial charge in [0.15, 0.2) is 0 Å². The Balaban J connectivity index is 2.08. The van der Waals surface area contributed by atoms with Crippen molar-refractivity contribution in [1.82, 2.24) is 19.9 Å². The molecule has 3 aromatic rings. The number of aryl methyl sites for hydroxylation is 5. The first-order valence-corrected chi connectivity index (χ1v) is 7.69. The van der Waals surface area contributed by atoms with E-state index in [1.165, 1.54) is 5.56 Å². The number of hydrogen-bond acceptors (Lipinski definition) is 5. The highest BCUT2D eigenvalue weighted by Crippen LogP contribution is 2.23. The van der Waals surface area contributed by atoms with Crippen LogP contribution in [-0.4, -0.2) is 19.9 Å². The molecule has 23 heavy (non-hydrogen) atoms. The lowest BCUT2D eigenvalue weighted by Crippen LogP contribution is -2.06. The van der Waals surface area contributed by atoms with E-state index in [9.17, 15) is 0 Å². The third-order valence-corrected chi connectivity index (χ3v) is 4.18. The van der Waals surface area contributed by atoms with Gasteiger partial charge in [-0.25, -0.2) is 19.9 Å². The molecule has 118 valence electrons. The Bertz CT molecular complexity index is 892. The SMILES string of the molecule is Cc1cc(C)c2nc(Nc3nc(C)c(C)c(C)n3)nc(C)c2c1. The van der Waals surface area contributed by atoms with Crippen LogP contribution in [0.4, 0.5) is 11.9 Å². The van der Waals surface area contributed by atoms with Crippen molar-refractivity contribution >= 4 is 22.8 Å². The molecular weight excluding hydrogens is 286 g/mol. The molecule has 1 aromatic carbocycles. The second-order valence-corrected chi connectivity index (χ2v) is 6.08. The summed E-state index contributed by atoms with van der Waals surface area (Å²) in [5, 5.41) is 4.23. The highest BCUT2D eigenvalue weighted by atomic mass is 15.2. The van der Waals surface area contributed by atoms with Crippen molar-refractivity contribution in [3.63, 3.8) is 0 Å². The van der Waals surface area contributed by atoms with E-state index in [4.69, 9.17) is 0 Å². The fourth-order valence-corrected chi connectivity index (χ4v) is 2.72. The van der Waals surface area contributed by atoms with Gasteiger partial charge in [0, 0.05) is 16.8 Å².